The van der Waals surface area contributed by atoms with Gasteiger partial charge < -0.3 is 14.8 Å². The summed E-state index contributed by atoms with van der Waals surface area (Å²) < 4.78 is 33.7. The summed E-state index contributed by atoms with van der Waals surface area (Å²) in [5.41, 5.74) is 5.60. The Morgan fingerprint density at radius 2 is 1.93 bits per heavy atom. The number of halogens is 3. The molecule has 0 aliphatic carbocycles. The lowest BCUT2D eigenvalue weighted by atomic mass is 10.2. The molecule has 0 saturated heterocycles. The van der Waals surface area contributed by atoms with Gasteiger partial charge in [0, 0.05) is 29.8 Å². The first-order valence-corrected chi connectivity index (χ1v) is 8.32. The molecule has 0 aliphatic rings. The predicted octanol–water partition coefficient (Wildman–Crippen LogP) is 2.54. The summed E-state index contributed by atoms with van der Waals surface area (Å²) >= 11 is 0. The van der Waals surface area contributed by atoms with Crippen LogP contribution in [-0.4, -0.2) is 48.1 Å². The van der Waals surface area contributed by atoms with Crippen LogP contribution in [0, 0.1) is 6.92 Å². The fourth-order valence-electron chi connectivity index (χ4n) is 2.08. The van der Waals surface area contributed by atoms with Crippen LogP contribution in [0.3, 0.4) is 0 Å². The second-order valence-electron chi connectivity index (χ2n) is 5.70. The highest BCUT2D eigenvalue weighted by Gasteiger charge is 2.38. The normalized spacial score (nSPS) is 11.1. The second-order valence-corrected chi connectivity index (χ2v) is 5.70. The third kappa shape index (κ3) is 6.98. The van der Waals surface area contributed by atoms with Crippen LogP contribution < -0.4 is 5.43 Å². The number of aromatic nitrogens is 4. The molecule has 0 atom stereocenters. The van der Waals surface area contributed by atoms with E-state index in [-0.39, 0.29) is 6.61 Å². The van der Waals surface area contributed by atoms with Gasteiger partial charge in [-0.15, -0.1) is 0 Å². The number of nitrogens with one attached hydrogen (secondary N) is 1. The van der Waals surface area contributed by atoms with Crippen LogP contribution in [0.15, 0.2) is 54.2 Å². The third-order valence-electron chi connectivity index (χ3n) is 3.37. The standard InChI is InChI=1S/C16H16N6O.C2HF3O2/c1-12-8-15(20-16(10-23)19-12)21-18-9-13-2-4-14(5-3-13)22-7-6-17-11-22;3-2(4,5)1(6)7/h2-9,11,23H,10H2,1H3,(H,19,20,21);(H,6,7)/b18-9+;. The number of aliphatic hydroxyl groups excluding tert-OH is 1. The number of anilines is 1. The number of nitrogens with zero attached hydrogens (tertiary/aromatic N) is 5. The zero-order chi connectivity index (χ0) is 22.1. The van der Waals surface area contributed by atoms with Crippen molar-refractivity contribution >= 4 is 18.0 Å². The van der Waals surface area contributed by atoms with Crippen LogP contribution in [0.4, 0.5) is 19.0 Å². The van der Waals surface area contributed by atoms with Crippen molar-refractivity contribution in [1.82, 2.24) is 19.5 Å². The van der Waals surface area contributed by atoms with Crippen molar-refractivity contribution in [3.05, 3.63) is 66.1 Å². The second kappa shape index (κ2) is 10.1. The smallest absolute Gasteiger partial charge is 0.475 e. The van der Waals surface area contributed by atoms with E-state index >= 15 is 0 Å². The number of hydrogen-bond acceptors (Lipinski definition) is 7. The summed E-state index contributed by atoms with van der Waals surface area (Å²) in [7, 11) is 0. The Labute approximate surface area is 168 Å². The first kappa shape index (κ1) is 22.5. The summed E-state index contributed by atoms with van der Waals surface area (Å²) in [5, 5.41) is 20.4. The third-order valence-corrected chi connectivity index (χ3v) is 3.37. The molecular formula is C18H17F3N6O3. The van der Waals surface area contributed by atoms with E-state index in [1.807, 2.05) is 42.0 Å². The van der Waals surface area contributed by atoms with Gasteiger partial charge in [-0.2, -0.15) is 18.3 Å². The van der Waals surface area contributed by atoms with Gasteiger partial charge in [0.15, 0.2) is 5.82 Å². The fraction of sp³-hybridized carbons (Fsp3) is 0.167. The van der Waals surface area contributed by atoms with Crippen LogP contribution >= 0.6 is 0 Å². The molecule has 0 bridgehead atoms. The summed E-state index contributed by atoms with van der Waals surface area (Å²) in [6, 6.07) is 9.66. The zero-order valence-corrected chi connectivity index (χ0v) is 15.6. The monoisotopic (exact) mass is 422 g/mol. The molecule has 0 amide bonds. The molecule has 2 heterocycles. The van der Waals surface area contributed by atoms with E-state index in [1.54, 1.807) is 24.8 Å². The highest BCUT2D eigenvalue weighted by Crippen LogP contribution is 2.13. The number of alkyl halides is 3. The van der Waals surface area contributed by atoms with Crippen molar-refractivity contribution in [2.45, 2.75) is 19.7 Å². The predicted molar refractivity (Wildman–Crippen MR) is 101 cm³/mol. The number of carboxylic acid groups (broad SMARTS) is 1. The molecule has 3 rings (SSSR count). The molecule has 3 aromatic rings. The number of aryl methyl sites for hydroxylation is 1. The van der Waals surface area contributed by atoms with Crippen molar-refractivity contribution in [2.75, 3.05) is 5.43 Å². The number of carboxylic acids is 1. The molecule has 0 unspecified atom stereocenters. The quantitative estimate of drug-likeness (QED) is 0.426. The largest absolute Gasteiger partial charge is 0.490 e. The minimum atomic E-state index is -5.08. The van der Waals surface area contributed by atoms with Crippen molar-refractivity contribution in [2.24, 2.45) is 5.10 Å². The maximum absolute atomic E-state index is 10.6. The SMILES string of the molecule is Cc1cc(N/N=C/c2ccc(-n3ccnc3)cc2)nc(CO)n1.O=C(O)C(F)(F)F. The molecule has 0 aliphatic heterocycles. The molecular weight excluding hydrogens is 405 g/mol. The van der Waals surface area contributed by atoms with Crippen molar-refractivity contribution in [3.63, 3.8) is 0 Å². The van der Waals surface area contributed by atoms with E-state index in [0.717, 1.165) is 16.9 Å². The molecule has 0 saturated carbocycles. The molecule has 12 heteroatoms. The molecule has 9 nitrogen and oxygen atoms in total. The highest BCUT2D eigenvalue weighted by atomic mass is 19.4. The van der Waals surface area contributed by atoms with Crippen molar-refractivity contribution in [3.8, 4) is 5.69 Å². The van der Waals surface area contributed by atoms with Gasteiger partial charge in [-0.05, 0) is 24.6 Å². The Kier molecular flexibility index (Phi) is 7.58. The summed E-state index contributed by atoms with van der Waals surface area (Å²) in [6.07, 6.45) is 2.00. The summed E-state index contributed by atoms with van der Waals surface area (Å²) in [4.78, 5) is 21.1. The molecule has 3 N–H and O–H groups in total. The van der Waals surface area contributed by atoms with Crippen LogP contribution in [0.2, 0.25) is 0 Å². The Hall–Kier alpha value is -3.80. The number of carbonyl (C=O) groups is 1. The van der Waals surface area contributed by atoms with Gasteiger partial charge in [-0.3, -0.25) is 5.43 Å². The van der Waals surface area contributed by atoms with Crippen LogP contribution in [-0.2, 0) is 11.4 Å². The van der Waals surface area contributed by atoms with E-state index in [1.165, 1.54) is 0 Å². The fourth-order valence-corrected chi connectivity index (χ4v) is 2.08. The molecule has 158 valence electrons. The zero-order valence-electron chi connectivity index (χ0n) is 15.6. The van der Waals surface area contributed by atoms with Crippen LogP contribution in [0.5, 0.6) is 0 Å². The topological polar surface area (TPSA) is 126 Å². The maximum Gasteiger partial charge on any atom is 0.490 e. The minimum absolute atomic E-state index is 0.199. The van der Waals surface area contributed by atoms with Crippen LogP contribution in [0.1, 0.15) is 17.1 Å². The minimum Gasteiger partial charge on any atom is -0.475 e. The van der Waals surface area contributed by atoms with Gasteiger partial charge in [-0.1, -0.05) is 12.1 Å². The molecule has 0 spiro atoms. The molecule has 0 radical (unpaired) electrons. The summed E-state index contributed by atoms with van der Waals surface area (Å²) in [6.45, 7) is 1.64. The van der Waals surface area contributed by atoms with E-state index in [0.29, 0.717) is 11.6 Å². The van der Waals surface area contributed by atoms with E-state index in [2.05, 4.69) is 25.5 Å². The lowest BCUT2D eigenvalue weighted by Crippen LogP contribution is -2.21. The number of aliphatic carboxylic acids is 1. The molecule has 2 aromatic heterocycles. The highest BCUT2D eigenvalue weighted by molar-refractivity contribution is 5.80. The number of benzene rings is 1. The number of hydrazone groups is 1. The first-order valence-electron chi connectivity index (χ1n) is 8.32. The number of imidazole rings is 1. The van der Waals surface area contributed by atoms with Gasteiger partial charge >= 0.3 is 12.1 Å². The average Bonchev–Trinajstić information content (AvgIpc) is 3.22. The Bertz CT molecular complexity index is 989. The van der Waals surface area contributed by atoms with Crippen molar-refractivity contribution in [1.29, 1.82) is 0 Å². The molecule has 1 aromatic carbocycles. The molecule has 0 fully saturated rings. The maximum atomic E-state index is 10.6. The van der Waals surface area contributed by atoms with E-state index in [9.17, 15) is 13.2 Å². The van der Waals surface area contributed by atoms with Crippen molar-refractivity contribution < 1.29 is 28.2 Å². The lowest BCUT2D eigenvalue weighted by molar-refractivity contribution is -0.192. The van der Waals surface area contributed by atoms with Gasteiger partial charge in [0.25, 0.3) is 0 Å². The number of rotatable bonds is 5. The average molecular weight is 422 g/mol. The number of hydrogen-bond donors (Lipinski definition) is 3. The number of aliphatic hydroxyl groups is 1. The van der Waals surface area contributed by atoms with Gasteiger partial charge in [0.1, 0.15) is 12.4 Å². The lowest BCUT2D eigenvalue weighted by Gasteiger charge is -2.04. The van der Waals surface area contributed by atoms with Crippen LogP contribution in [0.25, 0.3) is 5.69 Å². The molecule has 30 heavy (non-hydrogen) atoms. The van der Waals surface area contributed by atoms with Gasteiger partial charge in [-0.25, -0.2) is 19.7 Å². The summed E-state index contributed by atoms with van der Waals surface area (Å²) in [5.74, 6) is -1.84. The Morgan fingerprint density at radius 1 is 1.27 bits per heavy atom. The van der Waals surface area contributed by atoms with Gasteiger partial charge in [0.05, 0.1) is 12.5 Å². The van der Waals surface area contributed by atoms with Gasteiger partial charge in [0.2, 0.25) is 0 Å². The first-order chi connectivity index (χ1) is 14.2. The Morgan fingerprint density at radius 3 is 2.47 bits per heavy atom. The Balaban J connectivity index is 0.000000396. The van der Waals surface area contributed by atoms with E-state index < -0.39 is 12.1 Å². The van der Waals surface area contributed by atoms with E-state index in [4.69, 9.17) is 15.0 Å².